The minimum Gasteiger partial charge on any atom is -0.302 e. The molecule has 2 aromatic carbocycles. The molecule has 0 bridgehead atoms. The van der Waals surface area contributed by atoms with Crippen molar-refractivity contribution in [2.75, 3.05) is 18.4 Å². The molecule has 3 aromatic rings. The van der Waals surface area contributed by atoms with E-state index < -0.39 is 15.8 Å². The number of thiazole rings is 1. The molecule has 1 amide bonds. The largest absolute Gasteiger partial charge is 0.302 e. The lowest BCUT2D eigenvalue weighted by Gasteiger charge is -2.30. The lowest BCUT2D eigenvalue weighted by atomic mass is 9.97. The molecule has 0 spiro atoms. The number of rotatable bonds is 4. The van der Waals surface area contributed by atoms with Crippen molar-refractivity contribution in [2.24, 2.45) is 5.92 Å². The second kappa shape index (κ2) is 8.29. The van der Waals surface area contributed by atoms with Gasteiger partial charge in [-0.15, -0.1) is 0 Å². The zero-order chi connectivity index (χ0) is 22.3. The molecule has 2 heterocycles. The van der Waals surface area contributed by atoms with E-state index in [1.54, 1.807) is 6.92 Å². The zero-order valence-electron chi connectivity index (χ0n) is 17.6. The van der Waals surface area contributed by atoms with Gasteiger partial charge in [-0.3, -0.25) is 4.79 Å². The Bertz CT molecular complexity index is 1260. The number of nitrogens with one attached hydrogen (secondary N) is 1. The van der Waals surface area contributed by atoms with Crippen molar-refractivity contribution < 1.29 is 17.6 Å². The molecule has 4 rings (SSSR count). The first kappa shape index (κ1) is 21.9. The van der Waals surface area contributed by atoms with Gasteiger partial charge in [-0.25, -0.2) is 17.8 Å². The van der Waals surface area contributed by atoms with Crippen molar-refractivity contribution >= 4 is 42.6 Å². The summed E-state index contributed by atoms with van der Waals surface area (Å²) in [7, 11) is -3.78. The van der Waals surface area contributed by atoms with Crippen molar-refractivity contribution in [3.63, 3.8) is 0 Å². The van der Waals surface area contributed by atoms with E-state index in [0.29, 0.717) is 23.5 Å². The fraction of sp³-hybridized carbons (Fsp3) is 0.364. The van der Waals surface area contributed by atoms with E-state index in [9.17, 15) is 17.6 Å². The first-order valence-electron chi connectivity index (χ1n) is 10.1. The summed E-state index contributed by atoms with van der Waals surface area (Å²) in [6.45, 7) is 6.05. The van der Waals surface area contributed by atoms with Gasteiger partial charge in [0.1, 0.15) is 5.82 Å². The van der Waals surface area contributed by atoms with E-state index in [2.05, 4.69) is 16.4 Å². The number of aromatic nitrogens is 1. The predicted octanol–water partition coefficient (Wildman–Crippen LogP) is 4.40. The zero-order valence-corrected chi connectivity index (χ0v) is 19.2. The molecule has 164 valence electrons. The van der Waals surface area contributed by atoms with E-state index in [1.165, 1.54) is 27.8 Å². The molecule has 31 heavy (non-hydrogen) atoms. The van der Waals surface area contributed by atoms with Crippen LogP contribution < -0.4 is 5.32 Å². The summed E-state index contributed by atoms with van der Waals surface area (Å²) in [6.07, 6.45) is 0.810. The minimum atomic E-state index is -3.78. The molecule has 0 radical (unpaired) electrons. The van der Waals surface area contributed by atoms with E-state index in [4.69, 9.17) is 0 Å². The fourth-order valence-electron chi connectivity index (χ4n) is 3.88. The Hall–Kier alpha value is -2.36. The van der Waals surface area contributed by atoms with Crippen LogP contribution in [0.3, 0.4) is 0 Å². The number of halogens is 1. The normalized spacial score (nSPS) is 16.0. The average molecular weight is 462 g/mol. The van der Waals surface area contributed by atoms with E-state index in [1.807, 2.05) is 19.9 Å². The summed E-state index contributed by atoms with van der Waals surface area (Å²) in [4.78, 5) is 17.2. The second-order valence-electron chi connectivity index (χ2n) is 8.03. The van der Waals surface area contributed by atoms with Gasteiger partial charge in [0.05, 0.1) is 15.1 Å². The smallest absolute Gasteiger partial charge is 0.243 e. The van der Waals surface area contributed by atoms with Crippen LogP contribution >= 0.6 is 11.3 Å². The number of aryl methyl sites for hydroxylation is 3. The van der Waals surface area contributed by atoms with Gasteiger partial charge in [-0.05, 0) is 68.5 Å². The SMILES string of the molecule is Cc1cc(C)c2sc(NC(=O)C3CCN(S(=O)(=O)c4ccc(C)c(F)c4)CC3)nc2c1. The van der Waals surface area contributed by atoms with Crippen LogP contribution in [-0.4, -0.2) is 36.7 Å². The Morgan fingerprint density at radius 3 is 2.52 bits per heavy atom. The van der Waals surface area contributed by atoms with Crippen molar-refractivity contribution in [2.45, 2.75) is 38.5 Å². The molecular formula is C22H24FN3O3S2. The Morgan fingerprint density at radius 2 is 1.84 bits per heavy atom. The number of hydrogen-bond acceptors (Lipinski definition) is 5. The molecule has 1 fully saturated rings. The highest BCUT2D eigenvalue weighted by Gasteiger charge is 2.32. The van der Waals surface area contributed by atoms with Gasteiger partial charge in [0.2, 0.25) is 15.9 Å². The van der Waals surface area contributed by atoms with Crippen LogP contribution in [0.15, 0.2) is 35.2 Å². The number of amides is 1. The Balaban J connectivity index is 1.42. The second-order valence-corrected chi connectivity index (χ2v) is 11.0. The highest BCUT2D eigenvalue weighted by molar-refractivity contribution is 7.89. The number of hydrogen-bond donors (Lipinski definition) is 1. The maximum atomic E-state index is 13.8. The summed E-state index contributed by atoms with van der Waals surface area (Å²) in [5.41, 5.74) is 3.51. The van der Waals surface area contributed by atoms with Gasteiger partial charge in [-0.2, -0.15) is 4.31 Å². The van der Waals surface area contributed by atoms with E-state index >= 15 is 0 Å². The number of carbonyl (C=O) groups is 1. The number of benzene rings is 2. The molecule has 1 saturated heterocycles. The van der Waals surface area contributed by atoms with Crippen LogP contribution in [0.5, 0.6) is 0 Å². The molecule has 0 saturated carbocycles. The van der Waals surface area contributed by atoms with Crippen molar-refractivity contribution in [3.05, 3.63) is 52.8 Å². The van der Waals surface area contributed by atoms with Gasteiger partial charge in [-0.1, -0.05) is 23.5 Å². The van der Waals surface area contributed by atoms with Gasteiger partial charge in [0.25, 0.3) is 0 Å². The van der Waals surface area contributed by atoms with Gasteiger partial charge >= 0.3 is 0 Å². The summed E-state index contributed by atoms with van der Waals surface area (Å²) in [5.74, 6) is -0.987. The number of piperidine rings is 1. The quantitative estimate of drug-likeness (QED) is 0.625. The van der Waals surface area contributed by atoms with Crippen molar-refractivity contribution in [3.8, 4) is 0 Å². The number of sulfonamides is 1. The summed E-state index contributed by atoms with van der Waals surface area (Å²) < 4.78 is 41.9. The third kappa shape index (κ3) is 4.35. The lowest BCUT2D eigenvalue weighted by molar-refractivity contribution is -0.120. The van der Waals surface area contributed by atoms with Crippen molar-refractivity contribution in [1.29, 1.82) is 0 Å². The molecule has 1 aliphatic heterocycles. The highest BCUT2D eigenvalue weighted by Crippen LogP contribution is 2.31. The van der Waals surface area contributed by atoms with Crippen LogP contribution in [0, 0.1) is 32.5 Å². The maximum absolute atomic E-state index is 13.8. The maximum Gasteiger partial charge on any atom is 0.243 e. The molecule has 0 aliphatic carbocycles. The standard InChI is InChI=1S/C22H24FN3O3S2/c1-13-10-15(3)20-19(11-13)24-22(30-20)25-21(27)16-6-8-26(9-7-16)31(28,29)17-5-4-14(2)18(23)12-17/h4-5,10-12,16H,6-9H2,1-3H3,(H,24,25,27). The number of carbonyl (C=O) groups excluding carboxylic acids is 1. The minimum absolute atomic E-state index is 0.0568. The molecule has 6 nitrogen and oxygen atoms in total. The molecule has 0 atom stereocenters. The van der Waals surface area contributed by atoms with E-state index in [-0.39, 0.29) is 29.8 Å². The Morgan fingerprint density at radius 1 is 1.13 bits per heavy atom. The molecule has 1 N–H and O–H groups in total. The molecule has 0 unspecified atom stereocenters. The van der Waals surface area contributed by atoms with Crippen LogP contribution in [0.4, 0.5) is 9.52 Å². The van der Waals surface area contributed by atoms with Gasteiger partial charge in [0.15, 0.2) is 5.13 Å². The fourth-order valence-corrected chi connectivity index (χ4v) is 6.28. The monoisotopic (exact) mass is 461 g/mol. The number of anilines is 1. The molecule has 9 heteroatoms. The summed E-state index contributed by atoms with van der Waals surface area (Å²) in [6, 6.07) is 8.02. The van der Waals surface area contributed by atoms with Crippen molar-refractivity contribution in [1.82, 2.24) is 9.29 Å². The first-order valence-corrected chi connectivity index (χ1v) is 12.4. The third-order valence-corrected chi connectivity index (χ3v) is 8.67. The highest BCUT2D eigenvalue weighted by atomic mass is 32.2. The number of fused-ring (bicyclic) bond motifs is 1. The van der Waals surface area contributed by atoms with Crippen LogP contribution in [0.25, 0.3) is 10.2 Å². The summed E-state index contributed by atoms with van der Waals surface area (Å²) in [5, 5.41) is 3.45. The molecule has 1 aromatic heterocycles. The van der Waals surface area contributed by atoms with Crippen LogP contribution in [0.2, 0.25) is 0 Å². The van der Waals surface area contributed by atoms with Crippen LogP contribution in [0.1, 0.15) is 29.5 Å². The number of nitrogens with zero attached hydrogens (tertiary/aromatic N) is 2. The van der Waals surface area contributed by atoms with E-state index in [0.717, 1.165) is 27.4 Å². The first-order chi connectivity index (χ1) is 14.6. The lowest BCUT2D eigenvalue weighted by Crippen LogP contribution is -2.41. The Labute approximate surface area is 185 Å². The predicted molar refractivity (Wildman–Crippen MR) is 120 cm³/mol. The van der Waals surface area contributed by atoms with Gasteiger partial charge < -0.3 is 5.32 Å². The Kier molecular flexibility index (Phi) is 5.85. The summed E-state index contributed by atoms with van der Waals surface area (Å²) >= 11 is 1.44. The molecule has 1 aliphatic rings. The third-order valence-electron chi connectivity index (χ3n) is 5.66. The topological polar surface area (TPSA) is 79.4 Å². The average Bonchev–Trinajstić information content (AvgIpc) is 3.12. The van der Waals surface area contributed by atoms with Crippen LogP contribution in [-0.2, 0) is 14.8 Å². The molecular weight excluding hydrogens is 437 g/mol. The van der Waals surface area contributed by atoms with Gasteiger partial charge in [0, 0.05) is 19.0 Å².